The molecule has 14 nitrogen and oxygen atoms in total. The average molecular weight is 805 g/mol. The molecule has 1 unspecified atom stereocenters. The number of amides is 5. The first-order chi connectivity index (χ1) is 26.5. The van der Waals surface area contributed by atoms with Gasteiger partial charge < -0.3 is 40.2 Å². The molecule has 1 heterocycles. The van der Waals surface area contributed by atoms with Gasteiger partial charge in [0.2, 0.25) is 23.6 Å². The number of carbonyl (C=O) groups is 5. The molecule has 0 aliphatic rings. The van der Waals surface area contributed by atoms with Crippen LogP contribution in [0.4, 0.5) is 8.78 Å². The lowest BCUT2D eigenvalue weighted by Crippen LogP contribution is -2.57. The number of aromatic nitrogens is 1. The first-order valence-electron chi connectivity index (χ1n) is 18.9. The van der Waals surface area contributed by atoms with E-state index in [1.165, 1.54) is 42.4 Å². The lowest BCUT2D eigenvalue weighted by Gasteiger charge is -2.32. The molecule has 0 saturated heterocycles. The van der Waals surface area contributed by atoms with E-state index < -0.39 is 66.5 Å². The summed E-state index contributed by atoms with van der Waals surface area (Å²) in [5.74, 6) is -3.02. The number of hydrogen-bond donors (Lipinski definition) is 4. The van der Waals surface area contributed by atoms with E-state index in [2.05, 4.69) is 16.0 Å². The number of nitrogens with one attached hydrogen (secondary N) is 3. The van der Waals surface area contributed by atoms with Crippen LogP contribution in [0.15, 0.2) is 54.6 Å². The molecular weight excluding hydrogens is 749 g/mol. The van der Waals surface area contributed by atoms with Crippen LogP contribution < -0.4 is 21.7 Å². The first-order valence-corrected chi connectivity index (χ1v) is 20.5. The summed E-state index contributed by atoms with van der Waals surface area (Å²) >= 11 is 0. The summed E-state index contributed by atoms with van der Waals surface area (Å²) in [5, 5.41) is 8.48. The number of benzene rings is 2. The lowest BCUT2D eigenvalue weighted by atomic mass is 10.0. The van der Waals surface area contributed by atoms with Gasteiger partial charge >= 0.3 is 13.3 Å². The molecule has 308 valence electrons. The molecule has 17 heteroatoms. The SMILES string of the molecule is CCCCC[C@H](NC(=O)c1cc2cc(C(F)(F)P(=O)(OCC)OCC)ccc2n1C)C(=O)N(CC)[C@@H](C)C(=O)NC(CCC(N)=O)C(=O)NCc1ccccc1. The largest absolute Gasteiger partial charge is 0.404 e. The van der Waals surface area contributed by atoms with E-state index in [9.17, 15) is 28.5 Å². The van der Waals surface area contributed by atoms with Crippen LogP contribution in [0, 0.1) is 0 Å². The van der Waals surface area contributed by atoms with Gasteiger partial charge in [0, 0.05) is 43.0 Å². The summed E-state index contributed by atoms with van der Waals surface area (Å²) in [6, 6.07) is 10.9. The number of unbranched alkanes of at least 4 members (excludes halogenated alkanes) is 2. The Morgan fingerprint density at radius 3 is 2.14 bits per heavy atom. The minimum absolute atomic E-state index is 0.0628. The predicted octanol–water partition coefficient (Wildman–Crippen LogP) is 5.48. The van der Waals surface area contributed by atoms with Crippen molar-refractivity contribution >= 4 is 48.0 Å². The Balaban J connectivity index is 1.85. The second-order valence-corrected chi connectivity index (χ2v) is 15.4. The minimum atomic E-state index is -4.88. The predicted molar refractivity (Wildman–Crippen MR) is 209 cm³/mol. The molecule has 5 amide bonds. The van der Waals surface area contributed by atoms with Crippen molar-refractivity contribution in [2.75, 3.05) is 19.8 Å². The average Bonchev–Trinajstić information content (AvgIpc) is 3.51. The molecular formula is C39H55F2N6O8P. The van der Waals surface area contributed by atoms with Crippen LogP contribution in [0.1, 0.15) is 94.8 Å². The maximum Gasteiger partial charge on any atom is 0.404 e. The normalized spacial score (nSPS) is 13.4. The summed E-state index contributed by atoms with van der Waals surface area (Å²) in [6.07, 6.45) is 2.19. The molecule has 0 fully saturated rings. The molecule has 5 N–H and O–H groups in total. The molecule has 56 heavy (non-hydrogen) atoms. The number of hydrogen-bond acceptors (Lipinski definition) is 8. The fourth-order valence-electron chi connectivity index (χ4n) is 6.26. The molecule has 0 radical (unpaired) electrons. The molecule has 0 saturated carbocycles. The van der Waals surface area contributed by atoms with Gasteiger partial charge in [0.25, 0.3) is 5.91 Å². The zero-order valence-electron chi connectivity index (χ0n) is 32.9. The molecule has 3 atom stereocenters. The van der Waals surface area contributed by atoms with Crippen LogP contribution in [0.2, 0.25) is 0 Å². The summed E-state index contributed by atoms with van der Waals surface area (Å²) in [7, 11) is -3.31. The van der Waals surface area contributed by atoms with Gasteiger partial charge in [-0.25, -0.2) is 0 Å². The maximum atomic E-state index is 15.6. The highest BCUT2D eigenvalue weighted by atomic mass is 31.2. The highest BCUT2D eigenvalue weighted by Crippen LogP contribution is 2.66. The molecule has 2 aromatic carbocycles. The van der Waals surface area contributed by atoms with Crippen LogP contribution in [-0.4, -0.2) is 76.9 Å². The van der Waals surface area contributed by atoms with Gasteiger partial charge in [-0.2, -0.15) is 8.78 Å². The number of aryl methyl sites for hydroxylation is 1. The Labute approximate surface area is 326 Å². The third-order valence-electron chi connectivity index (χ3n) is 9.36. The van der Waals surface area contributed by atoms with Crippen LogP contribution in [-0.2, 0) is 52.0 Å². The number of alkyl halides is 2. The molecule has 3 rings (SSSR count). The molecule has 1 aromatic heterocycles. The fourth-order valence-corrected chi connectivity index (χ4v) is 7.79. The van der Waals surface area contributed by atoms with E-state index in [0.29, 0.717) is 11.9 Å². The number of halogens is 2. The summed E-state index contributed by atoms with van der Waals surface area (Å²) in [6.45, 7) is 7.78. The number of carbonyl (C=O) groups excluding carboxylic acids is 5. The van der Waals surface area contributed by atoms with E-state index in [4.69, 9.17) is 14.8 Å². The fraction of sp³-hybridized carbons (Fsp3) is 0.513. The Bertz CT molecular complexity index is 1860. The van der Waals surface area contributed by atoms with Crippen molar-refractivity contribution in [3.8, 4) is 0 Å². The Morgan fingerprint density at radius 2 is 1.55 bits per heavy atom. The summed E-state index contributed by atoms with van der Waals surface area (Å²) in [4.78, 5) is 67.6. The van der Waals surface area contributed by atoms with Gasteiger partial charge in [-0.1, -0.05) is 62.6 Å². The summed E-state index contributed by atoms with van der Waals surface area (Å²) in [5.41, 5.74) is 2.06. The zero-order chi connectivity index (χ0) is 41.6. The second-order valence-electron chi connectivity index (χ2n) is 13.3. The third kappa shape index (κ3) is 11.5. The quantitative estimate of drug-likeness (QED) is 0.0716. The van der Waals surface area contributed by atoms with Gasteiger partial charge in [-0.3, -0.25) is 28.5 Å². The van der Waals surface area contributed by atoms with E-state index in [1.54, 1.807) is 14.0 Å². The number of likely N-dealkylation sites (N-methyl/N-ethyl adjacent to an activating group) is 1. The Morgan fingerprint density at radius 1 is 0.893 bits per heavy atom. The topological polar surface area (TPSA) is 191 Å². The highest BCUT2D eigenvalue weighted by Gasteiger charge is 2.54. The zero-order valence-corrected chi connectivity index (χ0v) is 33.8. The van der Waals surface area contributed by atoms with Gasteiger partial charge in [0.05, 0.1) is 13.2 Å². The van der Waals surface area contributed by atoms with Crippen molar-refractivity contribution in [2.45, 2.75) is 103 Å². The molecule has 0 aliphatic heterocycles. The molecule has 0 bridgehead atoms. The van der Waals surface area contributed by atoms with Crippen molar-refractivity contribution < 1.29 is 46.4 Å². The van der Waals surface area contributed by atoms with Crippen LogP contribution in [0.3, 0.4) is 0 Å². The van der Waals surface area contributed by atoms with Crippen LogP contribution in [0.25, 0.3) is 10.9 Å². The van der Waals surface area contributed by atoms with E-state index in [0.717, 1.165) is 30.5 Å². The Kier molecular flexibility index (Phi) is 17.2. The number of primary amides is 1. The first kappa shape index (κ1) is 45.7. The Hall–Kier alpha value is -4.66. The minimum Gasteiger partial charge on any atom is -0.370 e. The van der Waals surface area contributed by atoms with Gasteiger partial charge in [0.15, 0.2) is 0 Å². The number of nitrogens with zero attached hydrogens (tertiary/aromatic N) is 2. The number of rotatable bonds is 23. The van der Waals surface area contributed by atoms with Crippen molar-refractivity contribution in [3.63, 3.8) is 0 Å². The lowest BCUT2D eigenvalue weighted by molar-refractivity contribution is -0.142. The number of fused-ring (bicyclic) bond motifs is 1. The van der Waals surface area contributed by atoms with Crippen molar-refractivity contribution in [1.82, 2.24) is 25.4 Å². The molecule has 0 aliphatic carbocycles. The van der Waals surface area contributed by atoms with Crippen molar-refractivity contribution in [1.29, 1.82) is 0 Å². The van der Waals surface area contributed by atoms with Gasteiger partial charge in [-0.15, -0.1) is 0 Å². The molecule has 0 spiro atoms. The molecule has 3 aromatic rings. The monoisotopic (exact) mass is 804 g/mol. The van der Waals surface area contributed by atoms with Gasteiger partial charge in [-0.05, 0) is 64.3 Å². The maximum absolute atomic E-state index is 15.6. The van der Waals surface area contributed by atoms with E-state index >= 15 is 8.78 Å². The second kappa shape index (κ2) is 21.0. The van der Waals surface area contributed by atoms with Crippen molar-refractivity contribution in [2.24, 2.45) is 12.8 Å². The van der Waals surface area contributed by atoms with Crippen LogP contribution in [0.5, 0.6) is 0 Å². The smallest absolute Gasteiger partial charge is 0.370 e. The third-order valence-corrected chi connectivity index (χ3v) is 11.5. The van der Waals surface area contributed by atoms with Gasteiger partial charge in [0.1, 0.15) is 23.8 Å². The van der Waals surface area contributed by atoms with E-state index in [-0.39, 0.29) is 56.6 Å². The van der Waals surface area contributed by atoms with Crippen molar-refractivity contribution in [3.05, 3.63) is 71.4 Å². The van der Waals surface area contributed by atoms with Crippen LogP contribution >= 0.6 is 7.60 Å². The highest BCUT2D eigenvalue weighted by molar-refractivity contribution is 7.54. The van der Waals surface area contributed by atoms with E-state index in [1.807, 2.05) is 37.3 Å². The number of nitrogens with two attached hydrogens (primary N) is 1. The summed E-state index contributed by atoms with van der Waals surface area (Å²) < 4.78 is 55.6. The standard InChI is InChI=1S/C39H55F2N6O8P/c1-7-11-13-18-31(45-37(51)33-24-28-23-29(19-21-32(28)46(33)6)39(40,41)56(53,54-9-3)55-10-4)38(52)47(8-2)26(5)35(49)44-30(20-22-34(42)48)36(50)43-25-27-16-14-12-15-17-27/h12,14-17,19,21,23-24,26,30-31H,7-11,13,18,20,22,25H2,1-6H3,(H2,42,48)(H,43,50)(H,44,49)(H,45,51)/t26-,30?,31-/m0/s1.